The quantitative estimate of drug-likeness (QED) is 0.457. The molecule has 0 saturated carbocycles. The highest BCUT2D eigenvalue weighted by molar-refractivity contribution is 6.53. The van der Waals surface area contributed by atoms with E-state index in [-0.39, 0.29) is 12.3 Å². The van der Waals surface area contributed by atoms with Gasteiger partial charge in [-0.2, -0.15) is 0 Å². The Hall–Kier alpha value is -2.70. The fourth-order valence-electron chi connectivity index (χ4n) is 1.84. The van der Waals surface area contributed by atoms with Crippen molar-refractivity contribution in [3.63, 3.8) is 0 Å². The molecule has 0 spiro atoms. The van der Waals surface area contributed by atoms with Gasteiger partial charge in [-0.05, 0) is 18.6 Å². The van der Waals surface area contributed by atoms with Gasteiger partial charge < -0.3 is 4.74 Å². The Morgan fingerprint density at radius 1 is 1.10 bits per heavy atom. The number of para-hydroxylation sites is 1. The van der Waals surface area contributed by atoms with Crippen molar-refractivity contribution in [3.8, 4) is 0 Å². The van der Waals surface area contributed by atoms with Gasteiger partial charge in [0, 0.05) is 0 Å². The summed E-state index contributed by atoms with van der Waals surface area (Å²) in [5.74, 6) is -2.73. The Kier molecular flexibility index (Phi) is 4.32. The molecular formula is C14H14N2O5. The third kappa shape index (κ3) is 2.91. The first-order valence-corrected chi connectivity index (χ1v) is 6.46. The number of benzene rings is 1. The number of ether oxygens (including phenoxy) is 1. The molecule has 0 unspecified atom stereocenters. The lowest BCUT2D eigenvalue weighted by molar-refractivity contribution is -0.148. The Morgan fingerprint density at radius 3 is 2.38 bits per heavy atom. The van der Waals surface area contributed by atoms with Crippen molar-refractivity contribution in [2.24, 2.45) is 0 Å². The van der Waals surface area contributed by atoms with Crippen LogP contribution in [0.15, 0.2) is 30.3 Å². The summed E-state index contributed by atoms with van der Waals surface area (Å²) < 4.78 is 4.81. The van der Waals surface area contributed by atoms with Crippen molar-refractivity contribution in [1.29, 1.82) is 0 Å². The molecule has 1 saturated heterocycles. The van der Waals surface area contributed by atoms with Gasteiger partial charge in [0.2, 0.25) is 0 Å². The van der Waals surface area contributed by atoms with Crippen LogP contribution in [0.1, 0.15) is 13.3 Å². The number of hydrogen-bond donors (Lipinski definition) is 0. The van der Waals surface area contributed by atoms with Gasteiger partial charge in [-0.25, -0.2) is 14.6 Å². The molecule has 1 aliphatic heterocycles. The van der Waals surface area contributed by atoms with Crippen molar-refractivity contribution < 1.29 is 23.9 Å². The summed E-state index contributed by atoms with van der Waals surface area (Å²) in [6.45, 7) is 1.46. The zero-order valence-corrected chi connectivity index (χ0v) is 11.4. The highest BCUT2D eigenvalue weighted by Gasteiger charge is 2.46. The molecule has 21 heavy (non-hydrogen) atoms. The number of carbonyl (C=O) groups is 4. The highest BCUT2D eigenvalue weighted by Crippen LogP contribution is 2.21. The predicted molar refractivity (Wildman–Crippen MR) is 72.3 cm³/mol. The Bertz CT molecular complexity index is 584. The summed E-state index contributed by atoms with van der Waals surface area (Å²) in [4.78, 5) is 48.7. The van der Waals surface area contributed by atoms with Gasteiger partial charge in [-0.3, -0.25) is 14.4 Å². The second kappa shape index (κ2) is 6.17. The molecule has 1 heterocycles. The van der Waals surface area contributed by atoms with Crippen LogP contribution in [-0.4, -0.2) is 41.9 Å². The predicted octanol–water partition coefficient (Wildman–Crippen LogP) is 0.935. The summed E-state index contributed by atoms with van der Waals surface area (Å²) in [6, 6.07) is 7.21. The molecule has 1 fully saturated rings. The minimum absolute atomic E-state index is 0.200. The monoisotopic (exact) mass is 290 g/mol. The molecule has 1 aromatic carbocycles. The number of anilines is 1. The zero-order valence-electron chi connectivity index (χ0n) is 11.4. The molecule has 0 atom stereocenters. The maximum atomic E-state index is 12.1. The van der Waals surface area contributed by atoms with Gasteiger partial charge in [0.05, 0.1) is 12.3 Å². The van der Waals surface area contributed by atoms with Crippen LogP contribution >= 0.6 is 0 Å². The van der Waals surface area contributed by atoms with Gasteiger partial charge in [-0.15, -0.1) is 0 Å². The fraction of sp³-hybridized carbons (Fsp3) is 0.286. The van der Waals surface area contributed by atoms with Crippen LogP contribution in [0.3, 0.4) is 0 Å². The summed E-state index contributed by atoms with van der Waals surface area (Å²) in [6.07, 6.45) is 0.628. The third-order valence-electron chi connectivity index (χ3n) is 2.82. The topological polar surface area (TPSA) is 84.0 Å². The van der Waals surface area contributed by atoms with E-state index in [1.165, 1.54) is 12.1 Å². The maximum absolute atomic E-state index is 12.1. The summed E-state index contributed by atoms with van der Waals surface area (Å²) >= 11 is 0. The van der Waals surface area contributed by atoms with Crippen molar-refractivity contribution in [1.82, 2.24) is 4.90 Å². The van der Waals surface area contributed by atoms with E-state index in [9.17, 15) is 19.2 Å². The summed E-state index contributed by atoms with van der Waals surface area (Å²) in [5.41, 5.74) is 0.283. The van der Waals surface area contributed by atoms with Crippen LogP contribution in [0.5, 0.6) is 0 Å². The Labute approximate surface area is 121 Å². The van der Waals surface area contributed by atoms with E-state index in [1.54, 1.807) is 18.2 Å². The SMILES string of the molecule is CCCOC(=O)CN1C(=O)C(=O)N(c2ccccc2)C1=O. The number of hydrogen-bond acceptors (Lipinski definition) is 5. The molecule has 7 nitrogen and oxygen atoms in total. The number of amides is 4. The first-order valence-electron chi connectivity index (χ1n) is 6.46. The molecule has 110 valence electrons. The second-order valence-corrected chi connectivity index (χ2v) is 4.37. The second-order valence-electron chi connectivity index (χ2n) is 4.37. The summed E-state index contributed by atoms with van der Waals surface area (Å²) in [7, 11) is 0. The molecule has 2 rings (SSSR count). The minimum atomic E-state index is -1.03. The largest absolute Gasteiger partial charge is 0.464 e. The number of rotatable bonds is 5. The van der Waals surface area contributed by atoms with Gasteiger partial charge >= 0.3 is 23.8 Å². The van der Waals surface area contributed by atoms with Crippen molar-refractivity contribution in [3.05, 3.63) is 30.3 Å². The molecule has 4 amide bonds. The standard InChI is InChI=1S/C14H14N2O5/c1-2-8-21-11(17)9-15-12(18)13(19)16(14(15)20)10-6-4-3-5-7-10/h3-7H,2,8-9H2,1H3. The highest BCUT2D eigenvalue weighted by atomic mass is 16.5. The lowest BCUT2D eigenvalue weighted by Gasteiger charge is -2.14. The molecule has 0 aliphatic carbocycles. The van der Waals surface area contributed by atoms with E-state index in [0.717, 1.165) is 4.90 Å². The molecule has 7 heteroatoms. The van der Waals surface area contributed by atoms with Gasteiger partial charge in [0.1, 0.15) is 6.54 Å². The van der Waals surface area contributed by atoms with Crippen molar-refractivity contribution >= 4 is 29.5 Å². The van der Waals surface area contributed by atoms with Crippen LogP contribution in [0, 0.1) is 0 Å². The first-order chi connectivity index (χ1) is 10.1. The zero-order chi connectivity index (χ0) is 15.4. The smallest absolute Gasteiger partial charge is 0.339 e. The number of nitrogens with zero attached hydrogens (tertiary/aromatic N) is 2. The molecule has 0 radical (unpaired) electrons. The van der Waals surface area contributed by atoms with Crippen LogP contribution in [0.2, 0.25) is 0 Å². The van der Waals surface area contributed by atoms with Crippen LogP contribution in [-0.2, 0) is 19.1 Å². The lowest BCUT2D eigenvalue weighted by atomic mass is 10.3. The molecule has 1 aromatic rings. The van der Waals surface area contributed by atoms with E-state index >= 15 is 0 Å². The Morgan fingerprint density at radius 2 is 1.76 bits per heavy atom. The van der Waals surface area contributed by atoms with Crippen LogP contribution in [0.4, 0.5) is 10.5 Å². The third-order valence-corrected chi connectivity index (χ3v) is 2.82. The molecular weight excluding hydrogens is 276 g/mol. The minimum Gasteiger partial charge on any atom is -0.464 e. The molecule has 0 aromatic heterocycles. The molecule has 1 aliphatic rings. The van der Waals surface area contributed by atoms with E-state index in [0.29, 0.717) is 11.3 Å². The van der Waals surface area contributed by atoms with Crippen LogP contribution in [0.25, 0.3) is 0 Å². The van der Waals surface area contributed by atoms with Crippen LogP contribution < -0.4 is 4.90 Å². The van der Waals surface area contributed by atoms with E-state index in [1.807, 2.05) is 6.92 Å². The van der Waals surface area contributed by atoms with Gasteiger partial charge in [-0.1, -0.05) is 25.1 Å². The van der Waals surface area contributed by atoms with E-state index in [4.69, 9.17) is 4.74 Å². The van der Waals surface area contributed by atoms with Gasteiger partial charge in [0.25, 0.3) is 0 Å². The number of urea groups is 1. The molecule has 0 N–H and O–H groups in total. The first kappa shape index (κ1) is 14.7. The van der Waals surface area contributed by atoms with E-state index in [2.05, 4.69) is 0 Å². The maximum Gasteiger partial charge on any atom is 0.339 e. The summed E-state index contributed by atoms with van der Waals surface area (Å²) in [5, 5.41) is 0. The average molecular weight is 290 g/mol. The lowest BCUT2D eigenvalue weighted by Crippen LogP contribution is -2.37. The average Bonchev–Trinajstić information content (AvgIpc) is 2.70. The number of esters is 1. The molecule has 0 bridgehead atoms. The van der Waals surface area contributed by atoms with Crippen molar-refractivity contribution in [2.45, 2.75) is 13.3 Å². The van der Waals surface area contributed by atoms with Crippen molar-refractivity contribution in [2.75, 3.05) is 18.1 Å². The van der Waals surface area contributed by atoms with E-state index < -0.39 is 30.4 Å². The normalized spacial score (nSPS) is 14.8. The number of imide groups is 2. The Balaban J connectivity index is 2.15. The number of carbonyl (C=O) groups excluding carboxylic acids is 4. The fourth-order valence-corrected chi connectivity index (χ4v) is 1.84. The van der Waals surface area contributed by atoms with Gasteiger partial charge in [0.15, 0.2) is 0 Å².